The van der Waals surface area contributed by atoms with E-state index in [1.54, 1.807) is 49.4 Å². The molecule has 214 valence electrons. The van der Waals surface area contributed by atoms with Gasteiger partial charge in [0.15, 0.2) is 0 Å². The highest BCUT2D eigenvalue weighted by Gasteiger charge is 2.34. The van der Waals surface area contributed by atoms with Crippen molar-refractivity contribution in [2.75, 3.05) is 10.8 Å². The number of carbonyl (C=O) groups is 2. The molecule has 3 rings (SSSR count). The Morgan fingerprint density at radius 3 is 2.00 bits per heavy atom. The molecule has 3 aromatic rings. The average Bonchev–Trinajstić information content (AvgIpc) is 2.92. The Morgan fingerprint density at radius 1 is 0.850 bits per heavy atom. The van der Waals surface area contributed by atoms with Crippen LogP contribution in [0.5, 0.6) is 0 Å². The van der Waals surface area contributed by atoms with E-state index >= 15 is 0 Å². The lowest BCUT2D eigenvalue weighted by atomic mass is 10.1. The van der Waals surface area contributed by atoms with Crippen molar-refractivity contribution in [3.05, 3.63) is 93.4 Å². The molecule has 0 heterocycles. The molecule has 0 aliphatic heterocycles. The van der Waals surface area contributed by atoms with Gasteiger partial charge in [-0.15, -0.1) is 0 Å². The van der Waals surface area contributed by atoms with Crippen molar-refractivity contribution < 1.29 is 18.0 Å². The van der Waals surface area contributed by atoms with Gasteiger partial charge in [0.05, 0.1) is 10.6 Å². The molecule has 0 unspecified atom stereocenters. The Morgan fingerprint density at radius 2 is 1.45 bits per heavy atom. The van der Waals surface area contributed by atoms with Crippen molar-refractivity contribution in [3.63, 3.8) is 0 Å². The maximum Gasteiger partial charge on any atom is 0.264 e. The standard InChI is InChI=1S/C29H32Cl3N3O4S/c1-4-20(3)33-29(37)27(5-2)34(18-21-11-13-22(30)14-12-21)28(36)19-35(25-16-23(31)15-24(32)17-25)40(38,39)26-9-7-6-8-10-26/h6-17,20,27H,4-5,18-19H2,1-3H3,(H,33,37)/t20-,27-/m0/s1. The van der Waals surface area contributed by atoms with E-state index in [2.05, 4.69) is 5.32 Å². The molecule has 0 aliphatic carbocycles. The third kappa shape index (κ3) is 8.13. The van der Waals surface area contributed by atoms with Gasteiger partial charge in [-0.05, 0) is 67.8 Å². The first-order chi connectivity index (χ1) is 19.0. The third-order valence-corrected chi connectivity index (χ3v) is 8.87. The molecule has 0 aromatic heterocycles. The second-order valence-corrected chi connectivity index (χ2v) is 12.5. The van der Waals surface area contributed by atoms with Crippen molar-refractivity contribution in [1.29, 1.82) is 0 Å². The Hall–Kier alpha value is -2.78. The predicted octanol–water partition coefficient (Wildman–Crippen LogP) is 6.56. The summed E-state index contributed by atoms with van der Waals surface area (Å²) in [4.78, 5) is 28.8. The van der Waals surface area contributed by atoms with Crippen LogP contribution in [-0.4, -0.2) is 43.8 Å². The fourth-order valence-electron chi connectivity index (χ4n) is 4.08. The molecule has 2 atom stereocenters. The van der Waals surface area contributed by atoms with Crippen molar-refractivity contribution in [2.24, 2.45) is 0 Å². The minimum atomic E-state index is -4.22. The summed E-state index contributed by atoms with van der Waals surface area (Å²) in [5, 5.41) is 3.89. The number of amides is 2. The third-order valence-electron chi connectivity index (χ3n) is 6.40. The first-order valence-electron chi connectivity index (χ1n) is 12.8. The number of sulfonamides is 1. The molecular weight excluding hydrogens is 593 g/mol. The Kier molecular flexibility index (Phi) is 11.3. The zero-order valence-electron chi connectivity index (χ0n) is 22.5. The molecule has 0 fully saturated rings. The second-order valence-electron chi connectivity index (χ2n) is 9.34. The fraction of sp³-hybridized carbons (Fsp3) is 0.310. The lowest BCUT2D eigenvalue weighted by molar-refractivity contribution is -0.140. The summed E-state index contributed by atoms with van der Waals surface area (Å²) in [5.74, 6) is -0.890. The van der Waals surface area contributed by atoms with Crippen LogP contribution < -0.4 is 9.62 Å². The van der Waals surface area contributed by atoms with Crippen LogP contribution in [0.3, 0.4) is 0 Å². The van der Waals surface area contributed by atoms with Crippen LogP contribution in [0.25, 0.3) is 0 Å². The highest BCUT2D eigenvalue weighted by Crippen LogP contribution is 2.30. The zero-order chi connectivity index (χ0) is 29.4. The highest BCUT2D eigenvalue weighted by atomic mass is 35.5. The molecule has 3 aromatic carbocycles. The topological polar surface area (TPSA) is 86.8 Å². The van der Waals surface area contributed by atoms with E-state index in [4.69, 9.17) is 34.8 Å². The SMILES string of the molecule is CC[C@H](C)NC(=O)[C@H](CC)N(Cc1ccc(Cl)cc1)C(=O)CN(c1cc(Cl)cc(Cl)c1)S(=O)(=O)c1ccccc1. The minimum absolute atomic E-state index is 0.00953. The second kappa shape index (κ2) is 14.2. The molecule has 0 saturated carbocycles. The Balaban J connectivity index is 2.07. The summed E-state index contributed by atoms with van der Waals surface area (Å²) >= 11 is 18.5. The minimum Gasteiger partial charge on any atom is -0.352 e. The van der Waals surface area contributed by atoms with E-state index < -0.39 is 28.5 Å². The first-order valence-corrected chi connectivity index (χ1v) is 15.4. The number of benzene rings is 3. The molecule has 2 amide bonds. The average molecular weight is 625 g/mol. The predicted molar refractivity (Wildman–Crippen MR) is 161 cm³/mol. The van der Waals surface area contributed by atoms with Crippen molar-refractivity contribution in [3.8, 4) is 0 Å². The van der Waals surface area contributed by atoms with Crippen LogP contribution >= 0.6 is 34.8 Å². The number of nitrogens with one attached hydrogen (secondary N) is 1. The summed E-state index contributed by atoms with van der Waals surface area (Å²) in [7, 11) is -4.22. The van der Waals surface area contributed by atoms with E-state index in [1.165, 1.54) is 35.2 Å². The number of halogens is 3. The molecule has 0 aliphatic rings. The van der Waals surface area contributed by atoms with Gasteiger partial charge in [0.1, 0.15) is 12.6 Å². The maximum absolute atomic E-state index is 14.1. The summed E-state index contributed by atoms with van der Waals surface area (Å²) < 4.78 is 28.7. The van der Waals surface area contributed by atoms with E-state index in [1.807, 2.05) is 13.8 Å². The number of anilines is 1. The number of rotatable bonds is 12. The van der Waals surface area contributed by atoms with Crippen molar-refractivity contribution >= 4 is 62.3 Å². The summed E-state index contributed by atoms with van der Waals surface area (Å²) in [6, 6.07) is 18.1. The maximum atomic E-state index is 14.1. The van der Waals surface area contributed by atoms with E-state index in [0.29, 0.717) is 17.9 Å². The molecule has 0 spiro atoms. The van der Waals surface area contributed by atoms with Gasteiger partial charge in [0, 0.05) is 27.7 Å². The molecule has 40 heavy (non-hydrogen) atoms. The monoisotopic (exact) mass is 623 g/mol. The van der Waals surface area contributed by atoms with E-state index in [-0.39, 0.29) is 39.1 Å². The molecule has 7 nitrogen and oxygen atoms in total. The van der Waals surface area contributed by atoms with Gasteiger partial charge in [-0.25, -0.2) is 8.42 Å². The molecule has 11 heteroatoms. The van der Waals surface area contributed by atoms with E-state index in [9.17, 15) is 18.0 Å². The van der Waals surface area contributed by atoms with Gasteiger partial charge in [-0.1, -0.05) is 79.0 Å². The molecule has 1 N–H and O–H groups in total. The zero-order valence-corrected chi connectivity index (χ0v) is 25.6. The molecule has 0 bridgehead atoms. The van der Waals surface area contributed by atoms with Gasteiger partial charge >= 0.3 is 0 Å². The number of hydrogen-bond donors (Lipinski definition) is 1. The van der Waals surface area contributed by atoms with Crippen LogP contribution in [0.4, 0.5) is 5.69 Å². The quantitative estimate of drug-likeness (QED) is 0.247. The van der Waals surface area contributed by atoms with Crippen LogP contribution in [0.2, 0.25) is 15.1 Å². The molecule has 0 saturated heterocycles. The van der Waals surface area contributed by atoms with Crippen LogP contribution in [-0.2, 0) is 26.2 Å². The van der Waals surface area contributed by atoms with Gasteiger partial charge in [-0.2, -0.15) is 0 Å². The fourth-order valence-corrected chi connectivity index (χ4v) is 6.14. The summed E-state index contributed by atoms with van der Waals surface area (Å²) in [5.41, 5.74) is 0.856. The first kappa shape index (κ1) is 31.7. The Bertz CT molecular complexity index is 1400. The van der Waals surface area contributed by atoms with Gasteiger partial charge < -0.3 is 10.2 Å². The molecular formula is C29H32Cl3N3O4S. The smallest absolute Gasteiger partial charge is 0.264 e. The van der Waals surface area contributed by atoms with Crippen LogP contribution in [0, 0.1) is 0 Å². The normalized spacial score (nSPS) is 12.8. The van der Waals surface area contributed by atoms with Crippen LogP contribution in [0.15, 0.2) is 77.7 Å². The highest BCUT2D eigenvalue weighted by molar-refractivity contribution is 7.92. The van der Waals surface area contributed by atoms with Gasteiger partial charge in [0.25, 0.3) is 10.0 Å². The van der Waals surface area contributed by atoms with Gasteiger partial charge in [0.2, 0.25) is 11.8 Å². The number of hydrogen-bond acceptors (Lipinski definition) is 4. The summed E-state index contributed by atoms with van der Waals surface area (Å²) in [6.07, 6.45) is 1.03. The number of carbonyl (C=O) groups excluding carboxylic acids is 2. The Labute approximate surface area is 251 Å². The lowest BCUT2D eigenvalue weighted by Gasteiger charge is -2.33. The van der Waals surface area contributed by atoms with Crippen molar-refractivity contribution in [1.82, 2.24) is 10.2 Å². The van der Waals surface area contributed by atoms with E-state index in [0.717, 1.165) is 9.87 Å². The largest absolute Gasteiger partial charge is 0.352 e. The van der Waals surface area contributed by atoms with Gasteiger partial charge in [-0.3, -0.25) is 13.9 Å². The number of nitrogens with zero attached hydrogens (tertiary/aromatic N) is 2. The van der Waals surface area contributed by atoms with Crippen molar-refractivity contribution in [2.45, 2.75) is 57.1 Å². The van der Waals surface area contributed by atoms with Crippen LogP contribution in [0.1, 0.15) is 39.2 Å². The summed E-state index contributed by atoms with van der Waals surface area (Å²) in [6.45, 7) is 5.11. The lowest BCUT2D eigenvalue weighted by Crippen LogP contribution is -2.53. The molecule has 0 radical (unpaired) electrons.